The number of thiazole rings is 1. The lowest BCUT2D eigenvalue weighted by atomic mass is 10.1. The van der Waals surface area contributed by atoms with Crippen LogP contribution in [-0.2, 0) is 25.7 Å². The summed E-state index contributed by atoms with van der Waals surface area (Å²) in [5.74, 6) is 0.490. The van der Waals surface area contributed by atoms with Crippen molar-refractivity contribution in [2.75, 3.05) is 25.5 Å². The van der Waals surface area contributed by atoms with E-state index in [1.807, 2.05) is 13.1 Å². The molecule has 9 heteroatoms. The molecule has 31 heavy (non-hydrogen) atoms. The van der Waals surface area contributed by atoms with E-state index in [4.69, 9.17) is 23.2 Å². The molecule has 6 nitrogen and oxygen atoms in total. The molecule has 0 aliphatic carbocycles. The van der Waals surface area contributed by atoms with Gasteiger partial charge in [-0.25, -0.2) is 9.97 Å². The maximum atomic E-state index is 12.4. The lowest BCUT2D eigenvalue weighted by Gasteiger charge is -2.07. The van der Waals surface area contributed by atoms with Crippen LogP contribution in [0.4, 0.5) is 5.95 Å². The monoisotopic (exact) mass is 479 g/mol. The summed E-state index contributed by atoms with van der Waals surface area (Å²) in [5, 5.41) is 10.9. The van der Waals surface area contributed by atoms with Crippen LogP contribution in [0.2, 0.25) is 10.0 Å². The van der Waals surface area contributed by atoms with Crippen molar-refractivity contribution in [3.05, 3.63) is 72.0 Å². The molecule has 0 atom stereocenters. The van der Waals surface area contributed by atoms with Gasteiger partial charge in [-0.1, -0.05) is 29.3 Å². The molecule has 3 rings (SSSR count). The topological polar surface area (TPSA) is 82.7 Å². The van der Waals surface area contributed by atoms with E-state index in [1.165, 1.54) is 5.01 Å². The van der Waals surface area contributed by atoms with Crippen molar-refractivity contribution in [3.63, 3.8) is 0 Å². The van der Waals surface area contributed by atoms with Crippen molar-refractivity contribution in [1.29, 1.82) is 0 Å². The minimum absolute atomic E-state index is 0.131. The Morgan fingerprint density at radius 2 is 1.87 bits per heavy atom. The fraction of sp³-hybridized carbons (Fsp3) is 0.409. The Morgan fingerprint density at radius 3 is 2.65 bits per heavy atom. The zero-order valence-electron chi connectivity index (χ0n) is 17.5. The summed E-state index contributed by atoms with van der Waals surface area (Å²) < 4.78 is 0. The number of aromatic amines is 1. The van der Waals surface area contributed by atoms with Crippen LogP contribution in [0.15, 0.2) is 34.6 Å². The highest BCUT2D eigenvalue weighted by Gasteiger charge is 2.07. The molecule has 0 saturated heterocycles. The van der Waals surface area contributed by atoms with Crippen molar-refractivity contribution in [1.82, 2.24) is 20.3 Å². The van der Waals surface area contributed by atoms with Gasteiger partial charge in [0.25, 0.3) is 5.56 Å². The van der Waals surface area contributed by atoms with Crippen LogP contribution in [0, 0.1) is 0 Å². The molecule has 0 spiro atoms. The van der Waals surface area contributed by atoms with Crippen molar-refractivity contribution in [2.45, 2.75) is 38.5 Å². The van der Waals surface area contributed by atoms with Crippen LogP contribution >= 0.6 is 34.5 Å². The van der Waals surface area contributed by atoms with E-state index in [0.29, 0.717) is 34.4 Å². The van der Waals surface area contributed by atoms with E-state index in [9.17, 15) is 4.79 Å². The number of hydrogen-bond donors (Lipinski definition) is 3. The highest BCUT2D eigenvalue weighted by atomic mass is 35.5. The summed E-state index contributed by atoms with van der Waals surface area (Å²) >= 11 is 13.9. The van der Waals surface area contributed by atoms with Gasteiger partial charge in [0, 0.05) is 40.2 Å². The van der Waals surface area contributed by atoms with Crippen LogP contribution < -0.4 is 16.2 Å². The SMILES string of the molecule is CNCCCc1nc(CCCNc2ncc(CCc3ccc(Cl)cc3Cl)c(=O)[nH]2)cs1. The Labute approximate surface area is 196 Å². The third kappa shape index (κ3) is 7.61. The normalized spacial score (nSPS) is 11.1. The highest BCUT2D eigenvalue weighted by molar-refractivity contribution is 7.09. The fourth-order valence-corrected chi connectivity index (χ4v) is 4.53. The van der Waals surface area contributed by atoms with Crippen molar-refractivity contribution in [2.24, 2.45) is 0 Å². The van der Waals surface area contributed by atoms with Crippen LogP contribution in [0.1, 0.15) is 34.7 Å². The fourth-order valence-electron chi connectivity index (χ4n) is 3.15. The lowest BCUT2D eigenvalue weighted by Crippen LogP contribution is -2.18. The van der Waals surface area contributed by atoms with Crippen LogP contribution in [0.5, 0.6) is 0 Å². The van der Waals surface area contributed by atoms with E-state index in [-0.39, 0.29) is 5.56 Å². The predicted molar refractivity (Wildman–Crippen MR) is 130 cm³/mol. The molecule has 3 aromatic rings. The summed E-state index contributed by atoms with van der Waals surface area (Å²) in [6.07, 6.45) is 6.78. The van der Waals surface area contributed by atoms with Gasteiger partial charge in [0.05, 0.1) is 10.7 Å². The average Bonchev–Trinajstić information content (AvgIpc) is 3.19. The molecule has 0 fully saturated rings. The smallest absolute Gasteiger partial charge is 0.255 e. The Balaban J connectivity index is 1.42. The van der Waals surface area contributed by atoms with Gasteiger partial charge in [0.2, 0.25) is 5.95 Å². The van der Waals surface area contributed by atoms with Gasteiger partial charge in [0.1, 0.15) is 0 Å². The molecule has 0 amide bonds. The summed E-state index contributed by atoms with van der Waals surface area (Å²) in [4.78, 5) is 24.2. The first-order valence-electron chi connectivity index (χ1n) is 10.4. The largest absolute Gasteiger partial charge is 0.356 e. The second-order valence-corrected chi connectivity index (χ2v) is 9.08. The first-order chi connectivity index (χ1) is 15.0. The van der Waals surface area contributed by atoms with Crippen LogP contribution in [0.3, 0.4) is 0 Å². The molecular weight excluding hydrogens is 453 g/mol. The minimum Gasteiger partial charge on any atom is -0.356 e. The van der Waals surface area contributed by atoms with E-state index >= 15 is 0 Å². The Kier molecular flexibility index (Phi) is 9.33. The number of anilines is 1. The van der Waals surface area contributed by atoms with Gasteiger partial charge in [-0.3, -0.25) is 9.78 Å². The molecule has 2 heterocycles. The number of H-pyrrole nitrogens is 1. The summed E-state index contributed by atoms with van der Waals surface area (Å²) in [5.41, 5.74) is 2.59. The second-order valence-electron chi connectivity index (χ2n) is 7.29. The summed E-state index contributed by atoms with van der Waals surface area (Å²) in [7, 11) is 1.97. The number of rotatable bonds is 12. The summed E-state index contributed by atoms with van der Waals surface area (Å²) in [6, 6.07) is 5.40. The van der Waals surface area contributed by atoms with E-state index in [0.717, 1.165) is 50.0 Å². The number of hydrogen-bond acceptors (Lipinski definition) is 6. The molecule has 0 bridgehead atoms. The standard InChI is InChI=1S/C22H27Cl2N5OS/c1-25-10-3-5-20-28-18(14-31-20)4-2-11-26-22-27-13-16(21(30)29-22)7-6-15-8-9-17(23)12-19(15)24/h8-9,12-14,25H,2-7,10-11H2,1H3,(H2,26,27,29,30). The first kappa shape index (κ1) is 23.7. The zero-order chi connectivity index (χ0) is 22.1. The number of nitrogens with zero attached hydrogens (tertiary/aromatic N) is 2. The van der Waals surface area contributed by atoms with Crippen molar-refractivity contribution >= 4 is 40.5 Å². The van der Waals surface area contributed by atoms with Crippen LogP contribution in [-0.4, -0.2) is 35.1 Å². The quantitative estimate of drug-likeness (QED) is 0.332. The van der Waals surface area contributed by atoms with Gasteiger partial charge in [0.15, 0.2) is 0 Å². The van der Waals surface area contributed by atoms with Gasteiger partial charge in [-0.05, 0) is 63.4 Å². The Hall–Kier alpha value is -1.93. The van der Waals surface area contributed by atoms with Gasteiger partial charge in [-0.15, -0.1) is 11.3 Å². The first-order valence-corrected chi connectivity index (χ1v) is 12.0. The predicted octanol–water partition coefficient (Wildman–Crippen LogP) is 4.52. The number of aromatic nitrogens is 3. The molecule has 0 aliphatic heterocycles. The minimum atomic E-state index is -0.131. The average molecular weight is 480 g/mol. The second kappa shape index (κ2) is 12.2. The number of halogens is 2. The molecule has 0 radical (unpaired) electrons. The van der Waals surface area contributed by atoms with Gasteiger partial charge >= 0.3 is 0 Å². The number of benzene rings is 1. The van der Waals surface area contributed by atoms with Crippen molar-refractivity contribution in [3.8, 4) is 0 Å². The van der Waals surface area contributed by atoms with Gasteiger partial charge in [-0.2, -0.15) is 0 Å². The molecular formula is C22H27Cl2N5OS. The molecule has 0 unspecified atom stereocenters. The Morgan fingerprint density at radius 1 is 1.06 bits per heavy atom. The molecule has 1 aromatic carbocycles. The maximum Gasteiger partial charge on any atom is 0.255 e. The summed E-state index contributed by atoms with van der Waals surface area (Å²) in [6.45, 7) is 1.73. The number of aryl methyl sites for hydroxylation is 4. The van der Waals surface area contributed by atoms with Crippen LogP contribution in [0.25, 0.3) is 0 Å². The highest BCUT2D eigenvalue weighted by Crippen LogP contribution is 2.22. The van der Waals surface area contributed by atoms with E-state index in [1.54, 1.807) is 29.7 Å². The Bertz CT molecular complexity index is 1040. The third-order valence-corrected chi connectivity index (χ3v) is 6.42. The number of nitrogens with one attached hydrogen (secondary N) is 3. The third-order valence-electron chi connectivity index (χ3n) is 4.87. The van der Waals surface area contributed by atoms with E-state index in [2.05, 4.69) is 31.0 Å². The molecule has 2 aromatic heterocycles. The molecule has 166 valence electrons. The molecule has 0 aliphatic rings. The molecule has 0 saturated carbocycles. The van der Waals surface area contributed by atoms with Gasteiger partial charge < -0.3 is 10.6 Å². The lowest BCUT2D eigenvalue weighted by molar-refractivity contribution is 0.719. The maximum absolute atomic E-state index is 12.4. The molecule has 3 N–H and O–H groups in total. The van der Waals surface area contributed by atoms with E-state index < -0.39 is 0 Å². The van der Waals surface area contributed by atoms with Crippen molar-refractivity contribution < 1.29 is 0 Å². The zero-order valence-corrected chi connectivity index (χ0v) is 19.8.